The number of nitrogens with one attached hydrogen (secondary N) is 1. The molecule has 0 aliphatic rings. The van der Waals surface area contributed by atoms with Crippen molar-refractivity contribution in [3.05, 3.63) is 59.4 Å². The molecule has 0 radical (unpaired) electrons. The van der Waals surface area contributed by atoms with E-state index in [1.165, 1.54) is 18.2 Å². The molecule has 2 rings (SSSR count). The SMILES string of the molecule is CC(C)N(Cc1cc(NC(=O)c2cccc(F)c2)ccc1N(C)C)C(=O)C(C)(C)C. The Morgan fingerprint density at radius 2 is 1.73 bits per heavy atom. The van der Waals surface area contributed by atoms with Crippen molar-refractivity contribution in [2.45, 2.75) is 47.2 Å². The summed E-state index contributed by atoms with van der Waals surface area (Å²) in [6, 6.07) is 11.2. The van der Waals surface area contributed by atoms with Gasteiger partial charge in [0.1, 0.15) is 5.82 Å². The van der Waals surface area contributed by atoms with Crippen LogP contribution in [0.1, 0.15) is 50.5 Å². The van der Waals surface area contributed by atoms with Crippen LogP contribution in [0.2, 0.25) is 0 Å². The molecule has 0 bridgehead atoms. The van der Waals surface area contributed by atoms with Gasteiger partial charge in [-0.25, -0.2) is 4.39 Å². The lowest BCUT2D eigenvalue weighted by molar-refractivity contribution is -0.142. The van der Waals surface area contributed by atoms with E-state index < -0.39 is 11.2 Å². The molecule has 0 spiro atoms. The summed E-state index contributed by atoms with van der Waals surface area (Å²) in [4.78, 5) is 29.3. The van der Waals surface area contributed by atoms with Gasteiger partial charge >= 0.3 is 0 Å². The number of amides is 2. The zero-order valence-electron chi connectivity index (χ0n) is 18.9. The van der Waals surface area contributed by atoms with Gasteiger partial charge in [-0.15, -0.1) is 0 Å². The number of nitrogens with zero attached hydrogens (tertiary/aromatic N) is 2. The van der Waals surface area contributed by atoms with Crippen LogP contribution in [0, 0.1) is 11.2 Å². The fourth-order valence-electron chi connectivity index (χ4n) is 3.16. The van der Waals surface area contributed by atoms with E-state index in [1.807, 2.05) is 70.6 Å². The van der Waals surface area contributed by atoms with Gasteiger partial charge in [-0.2, -0.15) is 0 Å². The number of benzene rings is 2. The van der Waals surface area contributed by atoms with Crippen LogP contribution in [0.15, 0.2) is 42.5 Å². The second-order valence-corrected chi connectivity index (χ2v) is 8.98. The minimum atomic E-state index is -0.494. The lowest BCUT2D eigenvalue weighted by Crippen LogP contribution is -2.43. The summed E-state index contributed by atoms with van der Waals surface area (Å²) in [6.07, 6.45) is 0. The molecule has 0 atom stereocenters. The molecule has 0 aliphatic carbocycles. The highest BCUT2D eigenvalue weighted by Crippen LogP contribution is 2.28. The van der Waals surface area contributed by atoms with Crippen molar-refractivity contribution in [3.8, 4) is 0 Å². The Morgan fingerprint density at radius 1 is 1.07 bits per heavy atom. The van der Waals surface area contributed by atoms with E-state index in [0.717, 1.165) is 11.3 Å². The third kappa shape index (κ3) is 5.81. The number of hydrogen-bond donors (Lipinski definition) is 1. The van der Waals surface area contributed by atoms with E-state index in [4.69, 9.17) is 0 Å². The van der Waals surface area contributed by atoms with Crippen molar-refractivity contribution in [2.75, 3.05) is 24.3 Å². The standard InChI is InChI=1S/C24H32FN3O2/c1-16(2)28(23(30)24(3,4)5)15-18-14-20(11-12-21(18)27(6)7)26-22(29)17-9-8-10-19(25)13-17/h8-14,16H,15H2,1-7H3,(H,26,29). The molecule has 2 aromatic rings. The molecular formula is C24H32FN3O2. The van der Waals surface area contributed by atoms with Gasteiger partial charge in [-0.3, -0.25) is 9.59 Å². The highest BCUT2D eigenvalue weighted by molar-refractivity contribution is 6.04. The van der Waals surface area contributed by atoms with Gasteiger partial charge in [0.2, 0.25) is 5.91 Å². The maximum atomic E-state index is 13.4. The molecule has 0 heterocycles. The fourth-order valence-corrected chi connectivity index (χ4v) is 3.16. The van der Waals surface area contributed by atoms with Gasteiger partial charge in [-0.05, 0) is 55.8 Å². The van der Waals surface area contributed by atoms with E-state index in [2.05, 4.69) is 5.32 Å². The van der Waals surface area contributed by atoms with Crippen molar-refractivity contribution >= 4 is 23.2 Å². The van der Waals surface area contributed by atoms with Gasteiger partial charge in [0.15, 0.2) is 0 Å². The van der Waals surface area contributed by atoms with Crippen molar-refractivity contribution in [2.24, 2.45) is 5.41 Å². The minimum absolute atomic E-state index is 0.0253. The Labute approximate surface area is 178 Å². The van der Waals surface area contributed by atoms with E-state index in [1.54, 1.807) is 12.1 Å². The van der Waals surface area contributed by atoms with E-state index in [-0.39, 0.29) is 23.4 Å². The van der Waals surface area contributed by atoms with Crippen molar-refractivity contribution in [1.29, 1.82) is 0 Å². The lowest BCUT2D eigenvalue weighted by Gasteiger charge is -2.34. The summed E-state index contributed by atoms with van der Waals surface area (Å²) in [5.74, 6) is -0.777. The fraction of sp³-hybridized carbons (Fsp3) is 0.417. The summed E-state index contributed by atoms with van der Waals surface area (Å²) >= 11 is 0. The second-order valence-electron chi connectivity index (χ2n) is 8.98. The summed E-state index contributed by atoms with van der Waals surface area (Å²) in [6.45, 7) is 10.1. The number of anilines is 2. The molecule has 0 saturated heterocycles. The third-order valence-electron chi connectivity index (χ3n) is 4.77. The van der Waals surface area contributed by atoms with Crippen LogP contribution in [-0.2, 0) is 11.3 Å². The number of carbonyl (C=O) groups is 2. The van der Waals surface area contributed by atoms with Gasteiger partial charge in [0.25, 0.3) is 5.91 Å². The third-order valence-corrected chi connectivity index (χ3v) is 4.77. The van der Waals surface area contributed by atoms with E-state index in [0.29, 0.717) is 12.2 Å². The molecule has 6 heteroatoms. The molecule has 0 unspecified atom stereocenters. The van der Waals surface area contributed by atoms with Gasteiger partial charge in [0.05, 0.1) is 0 Å². The highest BCUT2D eigenvalue weighted by atomic mass is 19.1. The van der Waals surface area contributed by atoms with Crippen molar-refractivity contribution < 1.29 is 14.0 Å². The normalized spacial score (nSPS) is 11.4. The first-order valence-corrected chi connectivity index (χ1v) is 10.1. The summed E-state index contributed by atoms with van der Waals surface area (Å²) < 4.78 is 13.4. The van der Waals surface area contributed by atoms with Crippen LogP contribution >= 0.6 is 0 Å². The number of carbonyl (C=O) groups excluding carboxylic acids is 2. The Hall–Kier alpha value is -2.89. The molecule has 2 amide bonds. The quantitative estimate of drug-likeness (QED) is 0.731. The topological polar surface area (TPSA) is 52.7 Å². The van der Waals surface area contributed by atoms with Crippen LogP contribution in [0.4, 0.5) is 15.8 Å². The Morgan fingerprint density at radius 3 is 2.27 bits per heavy atom. The molecule has 0 saturated carbocycles. The molecule has 2 aromatic carbocycles. The number of hydrogen-bond acceptors (Lipinski definition) is 3. The highest BCUT2D eigenvalue weighted by Gasteiger charge is 2.29. The number of rotatable bonds is 6. The first-order chi connectivity index (χ1) is 13.9. The lowest BCUT2D eigenvalue weighted by atomic mass is 9.93. The Bertz CT molecular complexity index is 917. The van der Waals surface area contributed by atoms with E-state index in [9.17, 15) is 14.0 Å². The minimum Gasteiger partial charge on any atom is -0.377 e. The molecular weight excluding hydrogens is 381 g/mol. The first kappa shape index (κ1) is 23.4. The van der Waals surface area contributed by atoms with Gasteiger partial charge in [0, 0.05) is 49.0 Å². The average Bonchev–Trinajstić information content (AvgIpc) is 2.64. The zero-order chi connectivity index (χ0) is 22.6. The average molecular weight is 414 g/mol. The smallest absolute Gasteiger partial charge is 0.255 e. The van der Waals surface area contributed by atoms with Gasteiger partial charge < -0.3 is 15.1 Å². The molecule has 0 fully saturated rings. The maximum Gasteiger partial charge on any atom is 0.255 e. The monoisotopic (exact) mass is 413 g/mol. The number of halogens is 1. The molecule has 30 heavy (non-hydrogen) atoms. The summed E-state index contributed by atoms with van der Waals surface area (Å²) in [7, 11) is 3.88. The Balaban J connectivity index is 2.36. The van der Waals surface area contributed by atoms with Crippen LogP contribution in [-0.4, -0.2) is 36.9 Å². The predicted octanol–water partition coefficient (Wildman–Crippen LogP) is 4.93. The van der Waals surface area contributed by atoms with Crippen LogP contribution in [0.3, 0.4) is 0 Å². The van der Waals surface area contributed by atoms with Gasteiger partial charge in [-0.1, -0.05) is 26.8 Å². The van der Waals surface area contributed by atoms with Crippen molar-refractivity contribution in [1.82, 2.24) is 4.90 Å². The molecule has 1 N–H and O–H groups in total. The summed E-state index contributed by atoms with van der Waals surface area (Å²) in [5.41, 5.74) is 2.23. The molecule has 5 nitrogen and oxygen atoms in total. The van der Waals surface area contributed by atoms with E-state index >= 15 is 0 Å². The first-order valence-electron chi connectivity index (χ1n) is 10.1. The van der Waals surface area contributed by atoms with Crippen LogP contribution < -0.4 is 10.2 Å². The molecule has 0 aromatic heterocycles. The predicted molar refractivity (Wildman–Crippen MR) is 120 cm³/mol. The summed E-state index contributed by atoms with van der Waals surface area (Å²) in [5, 5.41) is 2.83. The zero-order valence-corrected chi connectivity index (χ0v) is 18.9. The van der Waals surface area contributed by atoms with Crippen LogP contribution in [0.25, 0.3) is 0 Å². The molecule has 162 valence electrons. The largest absolute Gasteiger partial charge is 0.377 e. The molecule has 0 aliphatic heterocycles. The Kier molecular flexibility index (Phi) is 7.24. The van der Waals surface area contributed by atoms with Crippen LogP contribution in [0.5, 0.6) is 0 Å². The second kappa shape index (κ2) is 9.28. The maximum absolute atomic E-state index is 13.4. The van der Waals surface area contributed by atoms with Crippen molar-refractivity contribution in [3.63, 3.8) is 0 Å².